The number of nitro groups is 1. The first-order valence-corrected chi connectivity index (χ1v) is 5.51. The van der Waals surface area contributed by atoms with E-state index in [1.807, 2.05) is 0 Å². The zero-order valence-corrected chi connectivity index (χ0v) is 10.1. The van der Waals surface area contributed by atoms with Gasteiger partial charge in [0.25, 0.3) is 5.69 Å². The van der Waals surface area contributed by atoms with Crippen LogP contribution in [-0.2, 0) is 0 Å². The highest BCUT2D eigenvalue weighted by Crippen LogP contribution is 2.31. The second-order valence-corrected chi connectivity index (χ2v) is 3.90. The third-order valence-electron chi connectivity index (χ3n) is 2.56. The standard InChI is InChI=1S/C13H10N2O5/c16-11-3-1-2-8(13(11)18)7-14-10-5-4-9(15(19)20)6-12(10)17/h1-7,16-18H. The van der Waals surface area contributed by atoms with Gasteiger partial charge in [0.15, 0.2) is 11.5 Å². The molecule has 0 aliphatic carbocycles. The molecule has 0 atom stereocenters. The maximum Gasteiger partial charge on any atom is 0.273 e. The van der Waals surface area contributed by atoms with Crippen LogP contribution in [0.5, 0.6) is 17.2 Å². The highest BCUT2D eigenvalue weighted by atomic mass is 16.6. The van der Waals surface area contributed by atoms with Gasteiger partial charge in [-0.15, -0.1) is 0 Å². The zero-order chi connectivity index (χ0) is 14.7. The van der Waals surface area contributed by atoms with E-state index in [2.05, 4.69) is 4.99 Å². The van der Waals surface area contributed by atoms with Gasteiger partial charge in [-0.25, -0.2) is 0 Å². The van der Waals surface area contributed by atoms with Gasteiger partial charge in [-0.3, -0.25) is 15.1 Å². The maximum atomic E-state index is 10.5. The Kier molecular flexibility index (Phi) is 3.52. The molecule has 0 heterocycles. The summed E-state index contributed by atoms with van der Waals surface area (Å²) in [5.74, 6) is -0.977. The third-order valence-corrected chi connectivity index (χ3v) is 2.56. The van der Waals surface area contributed by atoms with Crippen LogP contribution in [0.4, 0.5) is 11.4 Å². The molecule has 0 saturated carbocycles. The summed E-state index contributed by atoms with van der Waals surface area (Å²) in [6.45, 7) is 0. The van der Waals surface area contributed by atoms with Gasteiger partial charge in [0.2, 0.25) is 0 Å². The first kappa shape index (κ1) is 13.3. The normalized spacial score (nSPS) is 10.8. The minimum atomic E-state index is -0.631. The average molecular weight is 274 g/mol. The van der Waals surface area contributed by atoms with Gasteiger partial charge < -0.3 is 15.3 Å². The molecule has 7 heteroatoms. The number of aromatic hydroxyl groups is 3. The molecule has 102 valence electrons. The van der Waals surface area contributed by atoms with E-state index >= 15 is 0 Å². The maximum absolute atomic E-state index is 10.5. The van der Waals surface area contributed by atoms with Crippen LogP contribution in [0.3, 0.4) is 0 Å². The molecule has 7 nitrogen and oxygen atoms in total. The molecule has 2 aromatic rings. The number of phenolic OH excluding ortho intramolecular Hbond substituents is 3. The van der Waals surface area contributed by atoms with Crippen LogP contribution >= 0.6 is 0 Å². The van der Waals surface area contributed by atoms with Gasteiger partial charge in [-0.05, 0) is 18.2 Å². The molecule has 0 aliphatic heterocycles. The summed E-state index contributed by atoms with van der Waals surface area (Å²) < 4.78 is 0. The number of para-hydroxylation sites is 1. The quantitative estimate of drug-likeness (QED) is 0.344. The fourth-order valence-electron chi connectivity index (χ4n) is 1.53. The Labute approximate surface area is 113 Å². The van der Waals surface area contributed by atoms with E-state index < -0.39 is 4.92 Å². The molecule has 0 aromatic heterocycles. The Morgan fingerprint density at radius 2 is 1.85 bits per heavy atom. The van der Waals surface area contributed by atoms with E-state index in [-0.39, 0.29) is 34.2 Å². The van der Waals surface area contributed by atoms with Crippen LogP contribution in [0.25, 0.3) is 0 Å². The Balaban J connectivity index is 2.32. The average Bonchev–Trinajstić information content (AvgIpc) is 2.41. The van der Waals surface area contributed by atoms with Gasteiger partial charge in [-0.2, -0.15) is 0 Å². The molecule has 0 amide bonds. The molecular weight excluding hydrogens is 264 g/mol. The van der Waals surface area contributed by atoms with Crippen LogP contribution < -0.4 is 0 Å². The summed E-state index contributed by atoms with van der Waals surface area (Å²) >= 11 is 0. The van der Waals surface area contributed by atoms with E-state index in [9.17, 15) is 25.4 Å². The van der Waals surface area contributed by atoms with Crippen molar-refractivity contribution in [1.82, 2.24) is 0 Å². The first-order chi connectivity index (χ1) is 9.49. The summed E-state index contributed by atoms with van der Waals surface area (Å²) in [4.78, 5) is 13.8. The van der Waals surface area contributed by atoms with Crippen molar-refractivity contribution in [2.24, 2.45) is 4.99 Å². The molecule has 20 heavy (non-hydrogen) atoms. The lowest BCUT2D eigenvalue weighted by atomic mass is 10.2. The summed E-state index contributed by atoms with van der Waals surface area (Å²) in [7, 11) is 0. The van der Waals surface area contributed by atoms with Crippen LogP contribution in [0.1, 0.15) is 5.56 Å². The molecule has 0 radical (unpaired) electrons. The highest BCUT2D eigenvalue weighted by Gasteiger charge is 2.09. The highest BCUT2D eigenvalue weighted by molar-refractivity contribution is 5.87. The number of aliphatic imine (C=N–C) groups is 1. The van der Waals surface area contributed by atoms with E-state index in [0.29, 0.717) is 0 Å². The van der Waals surface area contributed by atoms with Gasteiger partial charge in [0, 0.05) is 17.8 Å². The molecule has 3 N–H and O–H groups in total. The van der Waals surface area contributed by atoms with E-state index in [4.69, 9.17) is 0 Å². The molecule has 0 spiro atoms. The van der Waals surface area contributed by atoms with Gasteiger partial charge in [0.1, 0.15) is 11.4 Å². The third kappa shape index (κ3) is 2.66. The number of rotatable bonds is 3. The molecule has 2 aromatic carbocycles. The van der Waals surface area contributed by atoms with Gasteiger partial charge >= 0.3 is 0 Å². The Bertz CT molecular complexity index is 697. The predicted octanol–water partition coefficient (Wildman–Crippen LogP) is 2.46. The summed E-state index contributed by atoms with van der Waals surface area (Å²) in [6, 6.07) is 7.82. The number of hydrogen-bond acceptors (Lipinski definition) is 6. The fourth-order valence-corrected chi connectivity index (χ4v) is 1.53. The number of benzene rings is 2. The van der Waals surface area contributed by atoms with Crippen molar-refractivity contribution in [3.8, 4) is 17.2 Å². The number of hydrogen-bond donors (Lipinski definition) is 3. The molecule has 0 unspecified atom stereocenters. The monoisotopic (exact) mass is 274 g/mol. The van der Waals surface area contributed by atoms with E-state index in [0.717, 1.165) is 6.07 Å². The predicted molar refractivity (Wildman–Crippen MR) is 71.8 cm³/mol. The van der Waals surface area contributed by atoms with Crippen molar-refractivity contribution in [2.75, 3.05) is 0 Å². The van der Waals surface area contributed by atoms with Crippen molar-refractivity contribution in [1.29, 1.82) is 0 Å². The first-order valence-electron chi connectivity index (χ1n) is 5.51. The largest absolute Gasteiger partial charge is 0.505 e. The van der Waals surface area contributed by atoms with Crippen LogP contribution in [0.2, 0.25) is 0 Å². The van der Waals surface area contributed by atoms with Gasteiger partial charge in [-0.1, -0.05) is 6.07 Å². The molecule has 2 rings (SSSR count). The van der Waals surface area contributed by atoms with Gasteiger partial charge in [0.05, 0.1) is 11.0 Å². The SMILES string of the molecule is O=[N+]([O-])c1ccc(N=Cc2cccc(O)c2O)c(O)c1. The number of nitrogens with zero attached hydrogens (tertiary/aromatic N) is 2. The lowest BCUT2D eigenvalue weighted by Gasteiger charge is -2.01. The smallest absolute Gasteiger partial charge is 0.273 e. The number of nitro benzene ring substituents is 1. The summed E-state index contributed by atoms with van der Waals surface area (Å²) in [5, 5.41) is 39.0. The Morgan fingerprint density at radius 3 is 2.50 bits per heavy atom. The van der Waals surface area contributed by atoms with Crippen LogP contribution in [0, 0.1) is 10.1 Å². The minimum absolute atomic E-state index is 0.110. The van der Waals surface area contributed by atoms with Crippen molar-refractivity contribution < 1.29 is 20.2 Å². The van der Waals surface area contributed by atoms with Crippen molar-refractivity contribution >= 4 is 17.6 Å². The molecule has 0 bridgehead atoms. The topological polar surface area (TPSA) is 116 Å². The zero-order valence-electron chi connectivity index (χ0n) is 10.1. The Morgan fingerprint density at radius 1 is 1.10 bits per heavy atom. The van der Waals surface area contributed by atoms with Crippen molar-refractivity contribution in [2.45, 2.75) is 0 Å². The molecule has 0 fully saturated rings. The lowest BCUT2D eigenvalue weighted by molar-refractivity contribution is -0.384. The van der Waals surface area contributed by atoms with E-state index in [1.54, 1.807) is 0 Å². The minimum Gasteiger partial charge on any atom is -0.505 e. The van der Waals surface area contributed by atoms with E-state index in [1.165, 1.54) is 36.5 Å². The van der Waals surface area contributed by atoms with Crippen LogP contribution in [-0.4, -0.2) is 26.5 Å². The fraction of sp³-hybridized carbons (Fsp3) is 0. The molecule has 0 saturated heterocycles. The molecule has 0 aliphatic rings. The second kappa shape index (κ2) is 5.27. The summed E-state index contributed by atoms with van der Waals surface area (Å²) in [6.07, 6.45) is 1.23. The second-order valence-electron chi connectivity index (χ2n) is 3.90. The number of phenols is 3. The Hall–Kier alpha value is -3.09. The molecular formula is C13H10N2O5. The lowest BCUT2D eigenvalue weighted by Crippen LogP contribution is -1.87. The number of non-ortho nitro benzene ring substituents is 1. The van der Waals surface area contributed by atoms with Crippen molar-refractivity contribution in [3.63, 3.8) is 0 Å². The van der Waals surface area contributed by atoms with Crippen molar-refractivity contribution in [3.05, 3.63) is 52.1 Å². The van der Waals surface area contributed by atoms with Crippen LogP contribution in [0.15, 0.2) is 41.4 Å². The summed E-state index contributed by atoms with van der Waals surface area (Å²) in [5.41, 5.74) is 0.114.